The van der Waals surface area contributed by atoms with Crippen LogP contribution in [0.25, 0.3) is 0 Å². The molecule has 3 rings (SSSR count). The lowest BCUT2D eigenvalue weighted by Crippen LogP contribution is -2.59. The Balaban J connectivity index is 1.74. The molecular formula is C19H29N3O2. The molecule has 5 nitrogen and oxygen atoms in total. The van der Waals surface area contributed by atoms with Gasteiger partial charge in [0.2, 0.25) is 0 Å². The number of amides is 1. The van der Waals surface area contributed by atoms with E-state index in [9.17, 15) is 4.79 Å². The zero-order valence-electron chi connectivity index (χ0n) is 15.1. The molecule has 0 radical (unpaired) electrons. The average Bonchev–Trinajstić information content (AvgIpc) is 2.98. The minimum atomic E-state index is -0.179. The Morgan fingerprint density at radius 1 is 1.29 bits per heavy atom. The Kier molecular flexibility index (Phi) is 4.81. The summed E-state index contributed by atoms with van der Waals surface area (Å²) in [5.74, 6) is 0.884. The molecule has 1 aromatic rings. The van der Waals surface area contributed by atoms with Gasteiger partial charge in [0.25, 0.3) is 5.91 Å². The lowest BCUT2D eigenvalue weighted by Gasteiger charge is -2.49. The van der Waals surface area contributed by atoms with Gasteiger partial charge in [-0.05, 0) is 45.2 Å². The van der Waals surface area contributed by atoms with E-state index in [0.29, 0.717) is 12.1 Å². The van der Waals surface area contributed by atoms with Gasteiger partial charge >= 0.3 is 0 Å². The van der Waals surface area contributed by atoms with Crippen LogP contribution in [0.5, 0.6) is 0 Å². The second-order valence-electron chi connectivity index (χ2n) is 7.77. The molecule has 0 bridgehead atoms. The first-order valence-corrected chi connectivity index (χ1v) is 9.12. The molecule has 0 unspecified atom stereocenters. The number of rotatable bonds is 4. The number of hydrogen-bond donors (Lipinski definition) is 1. The van der Waals surface area contributed by atoms with Crippen molar-refractivity contribution in [3.05, 3.63) is 23.9 Å². The van der Waals surface area contributed by atoms with Crippen molar-refractivity contribution in [1.82, 2.24) is 10.3 Å². The van der Waals surface area contributed by atoms with E-state index >= 15 is 0 Å². The Hall–Kier alpha value is -1.62. The molecule has 0 atom stereocenters. The summed E-state index contributed by atoms with van der Waals surface area (Å²) in [6.07, 6.45) is 7.36. The number of hydrogen-bond acceptors (Lipinski definition) is 4. The zero-order valence-corrected chi connectivity index (χ0v) is 15.1. The van der Waals surface area contributed by atoms with Crippen LogP contribution in [0, 0.1) is 0 Å². The quantitative estimate of drug-likeness (QED) is 0.921. The highest BCUT2D eigenvalue weighted by Gasteiger charge is 2.46. The number of carbonyl (C=O) groups excluding carboxylic acids is 1. The molecular weight excluding hydrogens is 302 g/mol. The van der Waals surface area contributed by atoms with Crippen molar-refractivity contribution in [2.24, 2.45) is 0 Å². The highest BCUT2D eigenvalue weighted by molar-refractivity contribution is 5.94. The number of morpholine rings is 1. The smallest absolute Gasteiger partial charge is 0.252 e. The molecule has 5 heteroatoms. The summed E-state index contributed by atoms with van der Waals surface area (Å²) in [5.41, 5.74) is 0.414. The van der Waals surface area contributed by atoms with Crippen molar-refractivity contribution in [2.45, 2.75) is 64.1 Å². The van der Waals surface area contributed by atoms with E-state index in [1.807, 2.05) is 19.1 Å². The molecule has 1 aromatic heterocycles. The second kappa shape index (κ2) is 6.71. The summed E-state index contributed by atoms with van der Waals surface area (Å²) < 4.78 is 6.45. The van der Waals surface area contributed by atoms with Crippen LogP contribution >= 0.6 is 0 Å². The fourth-order valence-corrected chi connectivity index (χ4v) is 4.00. The molecule has 1 saturated carbocycles. The van der Waals surface area contributed by atoms with Gasteiger partial charge < -0.3 is 15.0 Å². The van der Waals surface area contributed by atoms with Gasteiger partial charge in [0.05, 0.1) is 16.8 Å². The summed E-state index contributed by atoms with van der Waals surface area (Å²) in [6, 6.07) is 3.84. The first-order chi connectivity index (χ1) is 11.4. The second-order valence-corrected chi connectivity index (χ2v) is 7.77. The Bertz CT molecular complexity index is 577. The summed E-state index contributed by atoms with van der Waals surface area (Å²) >= 11 is 0. The summed E-state index contributed by atoms with van der Waals surface area (Å²) in [6.45, 7) is 8.77. The Labute approximate surface area is 144 Å². The van der Waals surface area contributed by atoms with Crippen LogP contribution in [0.1, 0.15) is 63.2 Å². The van der Waals surface area contributed by atoms with Crippen molar-refractivity contribution in [2.75, 3.05) is 24.5 Å². The number of pyridine rings is 1. The van der Waals surface area contributed by atoms with E-state index in [-0.39, 0.29) is 17.1 Å². The average molecular weight is 331 g/mol. The number of nitrogens with one attached hydrogen (secondary N) is 1. The van der Waals surface area contributed by atoms with Crippen molar-refractivity contribution in [3.63, 3.8) is 0 Å². The number of nitrogens with zero attached hydrogens (tertiary/aromatic N) is 2. The highest BCUT2D eigenvalue weighted by Crippen LogP contribution is 2.41. The lowest BCUT2D eigenvalue weighted by molar-refractivity contribution is -0.148. The molecule has 1 aliphatic heterocycles. The third-order valence-corrected chi connectivity index (χ3v) is 4.93. The molecule has 0 aromatic carbocycles. The molecule has 2 aliphatic rings. The van der Waals surface area contributed by atoms with Gasteiger partial charge in [-0.25, -0.2) is 4.98 Å². The van der Waals surface area contributed by atoms with Crippen LogP contribution < -0.4 is 10.2 Å². The van der Waals surface area contributed by atoms with E-state index in [2.05, 4.69) is 29.0 Å². The van der Waals surface area contributed by atoms with Crippen LogP contribution in [0.2, 0.25) is 0 Å². The van der Waals surface area contributed by atoms with Crippen molar-refractivity contribution >= 4 is 11.7 Å². The SMILES string of the molecule is CCCNC(=O)c1ccc(N2CC(C)(C)OC3(CCCC3)C2)nc1. The van der Waals surface area contributed by atoms with Gasteiger partial charge in [-0.15, -0.1) is 0 Å². The monoisotopic (exact) mass is 331 g/mol. The summed E-state index contributed by atoms with van der Waals surface area (Å²) in [7, 11) is 0. The minimum absolute atomic E-state index is 0.0272. The van der Waals surface area contributed by atoms with E-state index < -0.39 is 0 Å². The van der Waals surface area contributed by atoms with Gasteiger partial charge in [0, 0.05) is 25.8 Å². The topological polar surface area (TPSA) is 54.5 Å². The van der Waals surface area contributed by atoms with E-state index in [0.717, 1.165) is 38.2 Å². The highest BCUT2D eigenvalue weighted by atomic mass is 16.5. The molecule has 24 heavy (non-hydrogen) atoms. The molecule has 1 amide bonds. The standard InChI is InChI=1S/C19H29N3O2/c1-4-11-20-17(23)15-7-8-16(21-12-15)22-13-18(2,3)24-19(14-22)9-5-6-10-19/h7-8,12H,4-6,9-11,13-14H2,1-3H3,(H,20,23). The number of anilines is 1. The van der Waals surface area contributed by atoms with E-state index in [4.69, 9.17) is 4.74 Å². The first-order valence-electron chi connectivity index (χ1n) is 9.12. The van der Waals surface area contributed by atoms with Crippen molar-refractivity contribution in [3.8, 4) is 0 Å². The van der Waals surface area contributed by atoms with Crippen LogP contribution in [0.15, 0.2) is 18.3 Å². The fourth-order valence-electron chi connectivity index (χ4n) is 4.00. The van der Waals surface area contributed by atoms with Crippen LogP contribution in [0.4, 0.5) is 5.82 Å². The maximum Gasteiger partial charge on any atom is 0.252 e. The largest absolute Gasteiger partial charge is 0.365 e. The Morgan fingerprint density at radius 2 is 2.04 bits per heavy atom. The lowest BCUT2D eigenvalue weighted by atomic mass is 9.94. The molecule has 132 valence electrons. The van der Waals surface area contributed by atoms with Crippen molar-refractivity contribution in [1.29, 1.82) is 0 Å². The maximum absolute atomic E-state index is 12.0. The molecule has 1 saturated heterocycles. The third-order valence-electron chi connectivity index (χ3n) is 4.93. The van der Waals surface area contributed by atoms with Gasteiger partial charge in [-0.2, -0.15) is 0 Å². The van der Waals surface area contributed by atoms with E-state index in [1.165, 1.54) is 12.8 Å². The van der Waals surface area contributed by atoms with Crippen LogP contribution in [-0.4, -0.2) is 41.7 Å². The molecule has 1 aliphatic carbocycles. The number of ether oxygens (including phenoxy) is 1. The summed E-state index contributed by atoms with van der Waals surface area (Å²) in [4.78, 5) is 18.9. The predicted molar refractivity (Wildman–Crippen MR) is 95.4 cm³/mol. The van der Waals surface area contributed by atoms with Crippen molar-refractivity contribution < 1.29 is 9.53 Å². The first kappa shape index (κ1) is 17.2. The van der Waals surface area contributed by atoms with E-state index in [1.54, 1.807) is 6.20 Å². The zero-order chi connectivity index (χ0) is 17.2. The molecule has 1 N–H and O–H groups in total. The minimum Gasteiger partial charge on any atom is -0.365 e. The molecule has 2 fully saturated rings. The molecule has 2 heterocycles. The maximum atomic E-state index is 12.0. The Morgan fingerprint density at radius 3 is 2.67 bits per heavy atom. The van der Waals surface area contributed by atoms with Crippen LogP contribution in [-0.2, 0) is 4.74 Å². The van der Waals surface area contributed by atoms with Crippen LogP contribution in [0.3, 0.4) is 0 Å². The van der Waals surface area contributed by atoms with Gasteiger partial charge in [0.1, 0.15) is 5.82 Å². The summed E-state index contributed by atoms with van der Waals surface area (Å²) in [5, 5.41) is 2.89. The predicted octanol–water partition coefficient (Wildman–Crippen LogP) is 3.15. The van der Waals surface area contributed by atoms with Gasteiger partial charge in [0.15, 0.2) is 0 Å². The van der Waals surface area contributed by atoms with Gasteiger partial charge in [-0.3, -0.25) is 4.79 Å². The fraction of sp³-hybridized carbons (Fsp3) is 0.684. The normalized spacial score (nSPS) is 21.9. The molecule has 1 spiro atoms. The van der Waals surface area contributed by atoms with Gasteiger partial charge in [-0.1, -0.05) is 19.8 Å². The number of aromatic nitrogens is 1. The third kappa shape index (κ3) is 3.72. The number of carbonyl (C=O) groups is 1.